The van der Waals surface area contributed by atoms with E-state index in [2.05, 4.69) is 4.90 Å². The Bertz CT molecular complexity index is 266. The average Bonchev–Trinajstić information content (AvgIpc) is 2.67. The normalized spacial score (nSPS) is 24.8. The van der Waals surface area contributed by atoms with Gasteiger partial charge in [-0.2, -0.15) is 0 Å². The summed E-state index contributed by atoms with van der Waals surface area (Å²) in [4.78, 5) is 13.6. The number of carboxylic acid groups (broad SMARTS) is 1. The van der Waals surface area contributed by atoms with Gasteiger partial charge in [-0.3, -0.25) is 9.69 Å². The standard InChI is InChI=1S/C16H29NO2/c18-16(19)13-15(12-14-8-4-3-5-9-14)17-10-6-1-2-7-11-17/h14-15H,1-13H2,(H,18,19). The Morgan fingerprint density at radius 2 is 1.58 bits per heavy atom. The molecule has 19 heavy (non-hydrogen) atoms. The van der Waals surface area contributed by atoms with E-state index < -0.39 is 5.97 Å². The Morgan fingerprint density at radius 1 is 1.00 bits per heavy atom. The molecule has 0 amide bonds. The second-order valence-electron chi connectivity index (χ2n) is 6.44. The number of likely N-dealkylation sites (tertiary alicyclic amines) is 1. The van der Waals surface area contributed by atoms with Crippen LogP contribution in [0.2, 0.25) is 0 Å². The molecule has 1 N–H and O–H groups in total. The van der Waals surface area contributed by atoms with Crippen molar-refractivity contribution in [3.8, 4) is 0 Å². The summed E-state index contributed by atoms with van der Waals surface area (Å²) in [7, 11) is 0. The van der Waals surface area contributed by atoms with Gasteiger partial charge in [-0.05, 0) is 38.3 Å². The third-order valence-electron chi connectivity index (χ3n) is 4.90. The fourth-order valence-electron chi connectivity index (χ4n) is 3.83. The summed E-state index contributed by atoms with van der Waals surface area (Å²) < 4.78 is 0. The zero-order valence-electron chi connectivity index (χ0n) is 12.1. The summed E-state index contributed by atoms with van der Waals surface area (Å²) in [5.74, 6) is 0.159. The average molecular weight is 267 g/mol. The molecule has 110 valence electrons. The zero-order valence-corrected chi connectivity index (χ0v) is 12.1. The lowest BCUT2D eigenvalue weighted by atomic mass is 9.83. The lowest BCUT2D eigenvalue weighted by molar-refractivity contribution is -0.138. The van der Waals surface area contributed by atoms with Crippen LogP contribution in [0.15, 0.2) is 0 Å². The third kappa shape index (κ3) is 5.13. The molecule has 2 rings (SSSR count). The quantitative estimate of drug-likeness (QED) is 0.826. The van der Waals surface area contributed by atoms with Crippen LogP contribution < -0.4 is 0 Å². The molecule has 2 aliphatic rings. The first-order valence-corrected chi connectivity index (χ1v) is 8.21. The van der Waals surface area contributed by atoms with Crippen LogP contribution in [0.5, 0.6) is 0 Å². The van der Waals surface area contributed by atoms with Crippen LogP contribution in [-0.4, -0.2) is 35.1 Å². The van der Waals surface area contributed by atoms with E-state index in [0.717, 1.165) is 25.4 Å². The predicted molar refractivity (Wildman–Crippen MR) is 77.3 cm³/mol. The SMILES string of the molecule is O=C(O)CC(CC1CCCCC1)N1CCCCCC1. The molecule has 1 saturated carbocycles. The fourth-order valence-corrected chi connectivity index (χ4v) is 3.83. The van der Waals surface area contributed by atoms with E-state index in [1.165, 1.54) is 57.8 Å². The maximum atomic E-state index is 11.2. The molecule has 0 bridgehead atoms. The van der Waals surface area contributed by atoms with E-state index in [9.17, 15) is 9.90 Å². The number of aliphatic carboxylic acids is 1. The van der Waals surface area contributed by atoms with Gasteiger partial charge in [-0.1, -0.05) is 44.9 Å². The minimum Gasteiger partial charge on any atom is -0.481 e. The van der Waals surface area contributed by atoms with Crippen LogP contribution >= 0.6 is 0 Å². The van der Waals surface area contributed by atoms with E-state index in [1.807, 2.05) is 0 Å². The van der Waals surface area contributed by atoms with Gasteiger partial charge < -0.3 is 5.11 Å². The van der Waals surface area contributed by atoms with E-state index in [1.54, 1.807) is 0 Å². The minimum atomic E-state index is -0.620. The summed E-state index contributed by atoms with van der Waals surface area (Å²) in [6.07, 6.45) is 13.3. The molecular formula is C16H29NO2. The lowest BCUT2D eigenvalue weighted by Crippen LogP contribution is -2.39. The number of carboxylic acids is 1. The van der Waals surface area contributed by atoms with Crippen molar-refractivity contribution in [2.75, 3.05) is 13.1 Å². The van der Waals surface area contributed by atoms with Gasteiger partial charge in [0.05, 0.1) is 6.42 Å². The van der Waals surface area contributed by atoms with Crippen LogP contribution in [0, 0.1) is 5.92 Å². The second kappa shape index (κ2) is 7.88. The van der Waals surface area contributed by atoms with Gasteiger partial charge in [0.25, 0.3) is 0 Å². The smallest absolute Gasteiger partial charge is 0.304 e. The van der Waals surface area contributed by atoms with Gasteiger partial charge in [-0.25, -0.2) is 0 Å². The van der Waals surface area contributed by atoms with Crippen molar-refractivity contribution in [1.29, 1.82) is 0 Å². The van der Waals surface area contributed by atoms with Crippen LogP contribution in [0.4, 0.5) is 0 Å². The highest BCUT2D eigenvalue weighted by atomic mass is 16.4. The maximum Gasteiger partial charge on any atom is 0.304 e. The van der Waals surface area contributed by atoms with Crippen molar-refractivity contribution in [3.63, 3.8) is 0 Å². The Hall–Kier alpha value is -0.570. The molecule has 1 aliphatic carbocycles. The number of hydrogen-bond acceptors (Lipinski definition) is 2. The molecule has 0 radical (unpaired) electrons. The van der Waals surface area contributed by atoms with Crippen molar-refractivity contribution < 1.29 is 9.90 Å². The molecule has 3 nitrogen and oxygen atoms in total. The van der Waals surface area contributed by atoms with Gasteiger partial charge in [0.15, 0.2) is 0 Å². The molecule has 0 aromatic rings. The Balaban J connectivity index is 1.90. The van der Waals surface area contributed by atoms with Crippen molar-refractivity contribution in [2.24, 2.45) is 5.92 Å². The van der Waals surface area contributed by atoms with E-state index >= 15 is 0 Å². The number of hydrogen-bond donors (Lipinski definition) is 1. The molecule has 0 spiro atoms. The fraction of sp³-hybridized carbons (Fsp3) is 0.938. The Kier molecular flexibility index (Phi) is 6.15. The highest BCUT2D eigenvalue weighted by Gasteiger charge is 2.26. The van der Waals surface area contributed by atoms with E-state index in [0.29, 0.717) is 12.5 Å². The lowest BCUT2D eigenvalue weighted by Gasteiger charge is -2.33. The molecular weight excluding hydrogens is 238 g/mol. The van der Waals surface area contributed by atoms with Gasteiger partial charge >= 0.3 is 5.97 Å². The number of nitrogens with zero attached hydrogens (tertiary/aromatic N) is 1. The molecule has 1 atom stereocenters. The Morgan fingerprint density at radius 3 is 2.16 bits per heavy atom. The molecule has 0 aromatic carbocycles. The van der Waals surface area contributed by atoms with Crippen molar-refractivity contribution >= 4 is 5.97 Å². The van der Waals surface area contributed by atoms with E-state index in [-0.39, 0.29) is 0 Å². The highest BCUT2D eigenvalue weighted by molar-refractivity contribution is 5.67. The van der Waals surface area contributed by atoms with Crippen molar-refractivity contribution in [2.45, 2.75) is 76.7 Å². The van der Waals surface area contributed by atoms with E-state index in [4.69, 9.17) is 0 Å². The maximum absolute atomic E-state index is 11.2. The first kappa shape index (κ1) is 14.8. The predicted octanol–water partition coefficient (Wildman–Crippen LogP) is 3.68. The summed E-state index contributed by atoms with van der Waals surface area (Å²) in [5, 5.41) is 9.19. The molecule has 2 fully saturated rings. The van der Waals surface area contributed by atoms with Gasteiger partial charge in [0.1, 0.15) is 0 Å². The first-order valence-electron chi connectivity index (χ1n) is 8.21. The summed E-state index contributed by atoms with van der Waals surface area (Å²) in [5.41, 5.74) is 0. The molecule has 1 unspecified atom stereocenters. The van der Waals surface area contributed by atoms with Crippen LogP contribution in [-0.2, 0) is 4.79 Å². The Labute approximate surface area is 117 Å². The molecule has 3 heteroatoms. The van der Waals surface area contributed by atoms with Gasteiger partial charge in [-0.15, -0.1) is 0 Å². The van der Waals surface area contributed by atoms with Crippen LogP contribution in [0.1, 0.15) is 70.6 Å². The molecule has 1 heterocycles. The third-order valence-corrected chi connectivity index (χ3v) is 4.90. The molecule has 1 saturated heterocycles. The zero-order chi connectivity index (χ0) is 13.5. The second-order valence-corrected chi connectivity index (χ2v) is 6.44. The topological polar surface area (TPSA) is 40.5 Å². The van der Waals surface area contributed by atoms with Crippen LogP contribution in [0.25, 0.3) is 0 Å². The monoisotopic (exact) mass is 267 g/mol. The first-order chi connectivity index (χ1) is 9.25. The van der Waals surface area contributed by atoms with Crippen molar-refractivity contribution in [3.05, 3.63) is 0 Å². The molecule has 0 aromatic heterocycles. The minimum absolute atomic E-state index is 0.290. The largest absolute Gasteiger partial charge is 0.481 e. The molecule has 1 aliphatic heterocycles. The number of rotatable bonds is 5. The summed E-state index contributed by atoms with van der Waals surface area (Å²) in [6, 6.07) is 0.290. The summed E-state index contributed by atoms with van der Waals surface area (Å²) >= 11 is 0. The summed E-state index contributed by atoms with van der Waals surface area (Å²) in [6.45, 7) is 2.23. The van der Waals surface area contributed by atoms with Gasteiger partial charge in [0, 0.05) is 6.04 Å². The highest BCUT2D eigenvalue weighted by Crippen LogP contribution is 2.30. The van der Waals surface area contributed by atoms with Crippen LogP contribution in [0.3, 0.4) is 0 Å². The van der Waals surface area contributed by atoms with Gasteiger partial charge in [0.2, 0.25) is 0 Å². The van der Waals surface area contributed by atoms with Crippen molar-refractivity contribution in [1.82, 2.24) is 4.90 Å². The number of carbonyl (C=O) groups is 1.